The zero-order chi connectivity index (χ0) is 21.9. The van der Waals surface area contributed by atoms with Crippen LogP contribution in [0.15, 0.2) is 24.3 Å². The first-order chi connectivity index (χ1) is 14.2. The van der Waals surface area contributed by atoms with Gasteiger partial charge >= 0.3 is 0 Å². The zero-order valence-electron chi connectivity index (χ0n) is 18.1. The molecule has 2 amide bonds. The Bertz CT molecular complexity index is 870. The smallest absolute Gasteiger partial charge is 0.252 e. The Balaban J connectivity index is 1.76. The molecule has 1 aromatic carbocycles. The van der Waals surface area contributed by atoms with Crippen LogP contribution in [0.25, 0.3) is 0 Å². The molecule has 0 spiro atoms. The van der Waals surface area contributed by atoms with Gasteiger partial charge in [0.15, 0.2) is 0 Å². The molecule has 0 unspecified atom stereocenters. The van der Waals surface area contributed by atoms with Crippen molar-refractivity contribution in [2.45, 2.75) is 57.7 Å². The van der Waals surface area contributed by atoms with Gasteiger partial charge in [0.2, 0.25) is 15.9 Å². The average Bonchev–Trinajstić information content (AvgIpc) is 3.26. The van der Waals surface area contributed by atoms with Crippen LogP contribution >= 0.6 is 0 Å². The Labute approximate surface area is 179 Å². The second-order valence-corrected chi connectivity index (χ2v) is 11.1. The lowest BCUT2D eigenvalue weighted by molar-refractivity contribution is -0.133. The number of sulfonamides is 1. The van der Waals surface area contributed by atoms with Crippen LogP contribution in [0.3, 0.4) is 0 Å². The molecule has 0 aromatic heterocycles. The third-order valence-corrected chi connectivity index (χ3v) is 8.56. The summed E-state index contributed by atoms with van der Waals surface area (Å²) < 4.78 is 26.5. The van der Waals surface area contributed by atoms with E-state index in [2.05, 4.69) is 5.32 Å². The molecular weight excluding hydrogens is 402 g/mol. The zero-order valence-corrected chi connectivity index (χ0v) is 19.0. The van der Waals surface area contributed by atoms with E-state index in [0.717, 1.165) is 31.5 Å². The van der Waals surface area contributed by atoms with E-state index >= 15 is 0 Å². The van der Waals surface area contributed by atoms with Gasteiger partial charge in [0.05, 0.1) is 5.25 Å². The first-order valence-electron chi connectivity index (χ1n) is 10.9. The van der Waals surface area contributed by atoms with Gasteiger partial charge in [-0.3, -0.25) is 9.59 Å². The Morgan fingerprint density at radius 2 is 1.63 bits per heavy atom. The van der Waals surface area contributed by atoms with Gasteiger partial charge in [0, 0.05) is 31.7 Å². The second kappa shape index (κ2) is 9.47. The number of hydrogen-bond acceptors (Lipinski definition) is 4. The summed E-state index contributed by atoms with van der Waals surface area (Å²) >= 11 is 0. The number of nitrogens with zero attached hydrogens (tertiary/aromatic N) is 2. The van der Waals surface area contributed by atoms with E-state index < -0.39 is 21.3 Å². The van der Waals surface area contributed by atoms with Gasteiger partial charge in [-0.1, -0.05) is 18.2 Å². The maximum atomic E-state index is 13.3. The van der Waals surface area contributed by atoms with Gasteiger partial charge in [-0.05, 0) is 64.0 Å². The van der Waals surface area contributed by atoms with Gasteiger partial charge in [0.25, 0.3) is 5.91 Å². The number of likely N-dealkylation sites (tertiary alicyclic amines) is 1. The molecule has 7 nitrogen and oxygen atoms in total. The summed E-state index contributed by atoms with van der Waals surface area (Å²) in [5, 5.41) is 2.54. The van der Waals surface area contributed by atoms with E-state index in [-0.39, 0.29) is 17.7 Å². The summed E-state index contributed by atoms with van der Waals surface area (Å²) in [6.45, 7) is 7.45. The first kappa shape index (κ1) is 22.7. The van der Waals surface area contributed by atoms with Crippen LogP contribution in [-0.4, -0.2) is 66.9 Å². The molecule has 2 saturated heterocycles. The van der Waals surface area contributed by atoms with E-state index in [1.165, 1.54) is 4.31 Å². The molecule has 0 saturated carbocycles. The topological polar surface area (TPSA) is 86.8 Å². The molecule has 0 radical (unpaired) electrons. The van der Waals surface area contributed by atoms with Crippen LogP contribution in [0.4, 0.5) is 0 Å². The molecule has 1 atom stereocenters. The number of benzene rings is 1. The Hall–Kier alpha value is -1.93. The molecule has 1 N–H and O–H groups in total. The monoisotopic (exact) mass is 435 g/mol. The molecule has 0 aliphatic carbocycles. The summed E-state index contributed by atoms with van der Waals surface area (Å²) in [6.07, 6.45) is 3.08. The van der Waals surface area contributed by atoms with Crippen molar-refractivity contribution < 1.29 is 18.0 Å². The number of carbonyl (C=O) groups excluding carboxylic acids is 2. The highest BCUT2D eigenvalue weighted by atomic mass is 32.2. The minimum Gasteiger partial charge on any atom is -0.341 e. The highest BCUT2D eigenvalue weighted by Gasteiger charge is 2.38. The molecule has 2 heterocycles. The number of nitrogens with one attached hydrogen (secondary N) is 1. The normalized spacial score (nSPS) is 19.8. The van der Waals surface area contributed by atoms with Crippen molar-refractivity contribution in [2.75, 3.05) is 26.2 Å². The quantitative estimate of drug-likeness (QED) is 0.742. The minimum atomic E-state index is -3.31. The van der Waals surface area contributed by atoms with Crippen molar-refractivity contribution in [3.05, 3.63) is 35.4 Å². The van der Waals surface area contributed by atoms with Crippen molar-refractivity contribution in [3.8, 4) is 0 Å². The van der Waals surface area contributed by atoms with Crippen LogP contribution < -0.4 is 5.32 Å². The number of piperidine rings is 1. The third kappa shape index (κ3) is 4.86. The first-order valence-corrected chi connectivity index (χ1v) is 12.4. The molecule has 8 heteroatoms. The summed E-state index contributed by atoms with van der Waals surface area (Å²) in [7, 11) is -3.31. The van der Waals surface area contributed by atoms with Gasteiger partial charge in [-0.25, -0.2) is 12.7 Å². The summed E-state index contributed by atoms with van der Waals surface area (Å²) in [6, 6.07) is 6.71. The van der Waals surface area contributed by atoms with Gasteiger partial charge in [0.1, 0.15) is 6.04 Å². The summed E-state index contributed by atoms with van der Waals surface area (Å²) in [5.74, 6) is -0.368. The van der Waals surface area contributed by atoms with E-state index in [4.69, 9.17) is 0 Å². The average molecular weight is 436 g/mol. The fourth-order valence-corrected chi connectivity index (χ4v) is 5.64. The Kier molecular flexibility index (Phi) is 7.18. The van der Waals surface area contributed by atoms with E-state index in [1.807, 2.05) is 30.0 Å². The number of amides is 2. The molecule has 166 valence electrons. The number of aryl methyl sites for hydroxylation is 1. The molecule has 0 bridgehead atoms. The van der Waals surface area contributed by atoms with Crippen molar-refractivity contribution in [3.63, 3.8) is 0 Å². The molecule has 2 fully saturated rings. The fraction of sp³-hybridized carbons (Fsp3) is 0.636. The summed E-state index contributed by atoms with van der Waals surface area (Å²) in [5.41, 5.74) is 1.43. The minimum absolute atomic E-state index is 0.0420. The lowest BCUT2D eigenvalue weighted by Crippen LogP contribution is -2.54. The maximum absolute atomic E-state index is 13.3. The molecule has 1 aromatic rings. The van der Waals surface area contributed by atoms with Gasteiger partial charge in [-0.2, -0.15) is 0 Å². The summed E-state index contributed by atoms with van der Waals surface area (Å²) in [4.78, 5) is 28.1. The molecule has 30 heavy (non-hydrogen) atoms. The molecular formula is C22H33N3O4S. The van der Waals surface area contributed by atoms with Crippen LogP contribution in [0.1, 0.15) is 55.5 Å². The molecule has 2 aliphatic rings. The number of hydrogen-bond donors (Lipinski definition) is 1. The Morgan fingerprint density at radius 3 is 2.20 bits per heavy atom. The lowest BCUT2D eigenvalue weighted by atomic mass is 9.89. The predicted molar refractivity (Wildman–Crippen MR) is 117 cm³/mol. The standard InChI is InChI=1S/C22H33N3O4S/c1-16(2)30(28,29)25-14-10-18(11-15-25)20(22(27)24-12-6-7-13-24)23-21(26)19-9-5-4-8-17(19)3/h4-5,8-9,16,18,20H,6-7,10-15H2,1-3H3,(H,23,26)/t20-/m0/s1. The van der Waals surface area contributed by atoms with Crippen LogP contribution in [0.2, 0.25) is 0 Å². The van der Waals surface area contributed by atoms with Crippen LogP contribution in [-0.2, 0) is 14.8 Å². The SMILES string of the molecule is Cc1ccccc1C(=O)N[C@H](C(=O)N1CCCC1)C1CCN(S(=O)(=O)C(C)C)CC1. The van der Waals surface area contributed by atoms with E-state index in [9.17, 15) is 18.0 Å². The van der Waals surface area contributed by atoms with Crippen molar-refractivity contribution in [2.24, 2.45) is 5.92 Å². The lowest BCUT2D eigenvalue weighted by Gasteiger charge is -2.37. The van der Waals surface area contributed by atoms with Crippen molar-refractivity contribution >= 4 is 21.8 Å². The number of carbonyl (C=O) groups is 2. The van der Waals surface area contributed by atoms with E-state index in [0.29, 0.717) is 31.5 Å². The number of rotatable bonds is 6. The van der Waals surface area contributed by atoms with E-state index in [1.54, 1.807) is 19.9 Å². The fourth-order valence-electron chi connectivity index (χ4n) is 4.32. The van der Waals surface area contributed by atoms with Gasteiger partial charge < -0.3 is 10.2 Å². The second-order valence-electron chi connectivity index (χ2n) is 8.63. The maximum Gasteiger partial charge on any atom is 0.252 e. The Morgan fingerprint density at radius 1 is 1.03 bits per heavy atom. The highest BCUT2D eigenvalue weighted by Crippen LogP contribution is 2.26. The largest absolute Gasteiger partial charge is 0.341 e. The third-order valence-electron chi connectivity index (χ3n) is 6.29. The van der Waals surface area contributed by atoms with Gasteiger partial charge in [-0.15, -0.1) is 0 Å². The van der Waals surface area contributed by atoms with Crippen LogP contribution in [0, 0.1) is 12.8 Å². The predicted octanol–water partition coefficient (Wildman–Crippen LogP) is 2.17. The van der Waals surface area contributed by atoms with Crippen molar-refractivity contribution in [1.82, 2.24) is 14.5 Å². The van der Waals surface area contributed by atoms with Crippen LogP contribution in [0.5, 0.6) is 0 Å². The molecule has 3 rings (SSSR count). The highest BCUT2D eigenvalue weighted by molar-refractivity contribution is 7.89. The molecule has 2 aliphatic heterocycles. The van der Waals surface area contributed by atoms with Crippen molar-refractivity contribution in [1.29, 1.82) is 0 Å².